The number of amides is 1. The Hall–Kier alpha value is -3.16. The van der Waals surface area contributed by atoms with Crippen LogP contribution in [0.2, 0.25) is 5.02 Å². The molecule has 0 aliphatic rings. The Morgan fingerprint density at radius 3 is 2.06 bits per heavy atom. The lowest BCUT2D eigenvalue weighted by molar-refractivity contribution is -0.124. The van der Waals surface area contributed by atoms with Crippen LogP contribution in [0.5, 0.6) is 0 Å². The Labute approximate surface area is 198 Å². The third-order valence-corrected chi connectivity index (χ3v) is 6.64. The Morgan fingerprint density at radius 2 is 1.52 bits per heavy atom. The SMILES string of the molecule is CS(=O)(=O)c1cc(C(=O)OCC(=O)NCCC(c2ccccc2)c2ccccc2)ccc1Cl. The first kappa shape index (κ1) is 24.5. The molecule has 8 heteroatoms. The van der Waals surface area contributed by atoms with E-state index < -0.39 is 28.3 Å². The van der Waals surface area contributed by atoms with E-state index in [1.807, 2.05) is 36.4 Å². The fourth-order valence-electron chi connectivity index (χ4n) is 3.43. The first-order valence-electron chi connectivity index (χ1n) is 10.3. The average molecular weight is 486 g/mol. The summed E-state index contributed by atoms with van der Waals surface area (Å²) in [4.78, 5) is 24.3. The second-order valence-corrected chi connectivity index (χ2v) is 9.90. The molecule has 3 rings (SSSR count). The Morgan fingerprint density at radius 1 is 0.939 bits per heavy atom. The molecule has 3 aromatic carbocycles. The number of hydrogen-bond donors (Lipinski definition) is 1. The predicted molar refractivity (Wildman–Crippen MR) is 127 cm³/mol. The first-order valence-corrected chi connectivity index (χ1v) is 12.6. The molecule has 1 N–H and O–H groups in total. The number of sulfone groups is 1. The van der Waals surface area contributed by atoms with Gasteiger partial charge in [-0.25, -0.2) is 13.2 Å². The van der Waals surface area contributed by atoms with Gasteiger partial charge in [0.05, 0.1) is 15.5 Å². The Kier molecular flexibility index (Phi) is 8.25. The maximum Gasteiger partial charge on any atom is 0.338 e. The number of carbonyl (C=O) groups is 2. The summed E-state index contributed by atoms with van der Waals surface area (Å²) in [5.74, 6) is -1.14. The molecule has 0 spiro atoms. The highest BCUT2D eigenvalue weighted by atomic mass is 35.5. The molecular formula is C25H24ClNO5S. The van der Waals surface area contributed by atoms with Gasteiger partial charge >= 0.3 is 5.97 Å². The second kappa shape index (κ2) is 11.1. The van der Waals surface area contributed by atoms with Gasteiger partial charge in [0.2, 0.25) is 0 Å². The van der Waals surface area contributed by atoms with Crippen molar-refractivity contribution < 1.29 is 22.7 Å². The number of halogens is 1. The predicted octanol–water partition coefficient (Wildman–Crippen LogP) is 4.24. The monoisotopic (exact) mass is 485 g/mol. The van der Waals surface area contributed by atoms with Crippen LogP contribution in [0.3, 0.4) is 0 Å². The molecule has 0 fully saturated rings. The molecule has 0 aliphatic heterocycles. The van der Waals surface area contributed by atoms with Crippen LogP contribution in [-0.4, -0.2) is 39.7 Å². The zero-order valence-corrected chi connectivity index (χ0v) is 19.6. The number of nitrogens with one attached hydrogen (secondary N) is 1. The summed E-state index contributed by atoms with van der Waals surface area (Å²) >= 11 is 5.89. The zero-order chi connectivity index (χ0) is 23.8. The molecule has 172 valence electrons. The van der Waals surface area contributed by atoms with Crippen LogP contribution in [0, 0.1) is 0 Å². The number of ether oxygens (including phenoxy) is 1. The van der Waals surface area contributed by atoms with E-state index in [0.717, 1.165) is 23.4 Å². The summed E-state index contributed by atoms with van der Waals surface area (Å²) in [6.45, 7) is -0.0823. The molecule has 0 aliphatic carbocycles. The number of esters is 1. The Bertz CT molecular complexity index is 1170. The molecule has 33 heavy (non-hydrogen) atoms. The van der Waals surface area contributed by atoms with Crippen molar-refractivity contribution >= 4 is 33.3 Å². The fourth-order valence-corrected chi connectivity index (χ4v) is 4.73. The van der Waals surface area contributed by atoms with Gasteiger partial charge in [0.25, 0.3) is 5.91 Å². The molecule has 0 unspecified atom stereocenters. The zero-order valence-electron chi connectivity index (χ0n) is 18.0. The minimum Gasteiger partial charge on any atom is -0.452 e. The third kappa shape index (κ3) is 6.91. The minimum absolute atomic E-state index is 0.000782. The first-order chi connectivity index (χ1) is 15.8. The topological polar surface area (TPSA) is 89.5 Å². The van der Waals surface area contributed by atoms with Gasteiger partial charge in [-0.05, 0) is 35.7 Å². The second-order valence-electron chi connectivity index (χ2n) is 7.51. The van der Waals surface area contributed by atoms with Gasteiger partial charge in [0, 0.05) is 18.7 Å². The lowest BCUT2D eigenvalue weighted by Crippen LogP contribution is -2.30. The Balaban J connectivity index is 1.55. The quantitative estimate of drug-likeness (QED) is 0.458. The summed E-state index contributed by atoms with van der Waals surface area (Å²) < 4.78 is 28.6. The summed E-state index contributed by atoms with van der Waals surface area (Å²) in [6, 6.07) is 23.9. The smallest absolute Gasteiger partial charge is 0.338 e. The average Bonchev–Trinajstić information content (AvgIpc) is 2.81. The highest BCUT2D eigenvalue weighted by Gasteiger charge is 2.18. The van der Waals surface area contributed by atoms with Crippen molar-refractivity contribution in [3.63, 3.8) is 0 Å². The largest absolute Gasteiger partial charge is 0.452 e. The van der Waals surface area contributed by atoms with Gasteiger partial charge in [-0.3, -0.25) is 4.79 Å². The fraction of sp³-hybridized carbons (Fsp3) is 0.200. The summed E-state index contributed by atoms with van der Waals surface area (Å²) in [5.41, 5.74) is 2.29. The highest BCUT2D eigenvalue weighted by molar-refractivity contribution is 7.90. The van der Waals surface area contributed by atoms with Crippen LogP contribution < -0.4 is 5.32 Å². The standard InChI is InChI=1S/C25H24ClNO5S/c1-33(30,31)23-16-20(12-13-22(23)26)25(29)32-17-24(28)27-15-14-21(18-8-4-2-5-9-18)19-10-6-3-7-11-19/h2-13,16,21H,14-15,17H2,1H3,(H,27,28). The van der Waals surface area contributed by atoms with Crippen LogP contribution >= 0.6 is 11.6 Å². The maximum atomic E-state index is 12.3. The minimum atomic E-state index is -3.61. The normalized spacial score (nSPS) is 11.2. The van der Waals surface area contributed by atoms with E-state index in [-0.39, 0.29) is 21.4 Å². The van der Waals surface area contributed by atoms with E-state index >= 15 is 0 Å². The lowest BCUT2D eigenvalue weighted by atomic mass is 9.88. The number of hydrogen-bond acceptors (Lipinski definition) is 5. The summed E-state index contributed by atoms with van der Waals surface area (Å²) in [6.07, 6.45) is 1.66. The van der Waals surface area contributed by atoms with Gasteiger partial charge in [0.15, 0.2) is 16.4 Å². The van der Waals surface area contributed by atoms with Crippen LogP contribution in [0.4, 0.5) is 0 Å². The van der Waals surface area contributed by atoms with Crippen molar-refractivity contribution in [3.8, 4) is 0 Å². The number of benzene rings is 3. The van der Waals surface area contributed by atoms with Crippen molar-refractivity contribution in [1.82, 2.24) is 5.32 Å². The van der Waals surface area contributed by atoms with E-state index in [2.05, 4.69) is 29.6 Å². The van der Waals surface area contributed by atoms with Gasteiger partial charge in [0.1, 0.15) is 0 Å². The van der Waals surface area contributed by atoms with E-state index in [1.54, 1.807) is 0 Å². The van der Waals surface area contributed by atoms with Gasteiger partial charge in [-0.2, -0.15) is 0 Å². The molecule has 0 atom stereocenters. The molecule has 0 bridgehead atoms. The van der Waals surface area contributed by atoms with Gasteiger partial charge < -0.3 is 10.1 Å². The van der Waals surface area contributed by atoms with E-state index in [9.17, 15) is 18.0 Å². The van der Waals surface area contributed by atoms with E-state index in [4.69, 9.17) is 16.3 Å². The molecule has 0 radical (unpaired) electrons. The van der Waals surface area contributed by atoms with Crippen molar-refractivity contribution in [3.05, 3.63) is 101 Å². The molecule has 3 aromatic rings. The lowest BCUT2D eigenvalue weighted by Gasteiger charge is -2.18. The summed E-state index contributed by atoms with van der Waals surface area (Å²) in [7, 11) is -3.61. The van der Waals surface area contributed by atoms with E-state index in [0.29, 0.717) is 13.0 Å². The molecule has 0 saturated carbocycles. The molecule has 0 heterocycles. The van der Waals surface area contributed by atoms with Crippen molar-refractivity contribution in [1.29, 1.82) is 0 Å². The maximum absolute atomic E-state index is 12.3. The molecule has 0 saturated heterocycles. The van der Waals surface area contributed by atoms with Gasteiger partial charge in [-0.15, -0.1) is 0 Å². The van der Waals surface area contributed by atoms with Crippen molar-refractivity contribution in [2.75, 3.05) is 19.4 Å². The van der Waals surface area contributed by atoms with Crippen molar-refractivity contribution in [2.45, 2.75) is 17.2 Å². The van der Waals surface area contributed by atoms with Gasteiger partial charge in [-0.1, -0.05) is 72.3 Å². The summed E-state index contributed by atoms with van der Waals surface area (Å²) in [5, 5.41) is 2.78. The molecular weight excluding hydrogens is 462 g/mol. The van der Waals surface area contributed by atoms with Crippen LogP contribution in [0.15, 0.2) is 83.8 Å². The van der Waals surface area contributed by atoms with E-state index in [1.165, 1.54) is 12.1 Å². The number of rotatable bonds is 9. The number of carbonyl (C=O) groups excluding carboxylic acids is 2. The third-order valence-electron chi connectivity index (χ3n) is 5.06. The molecule has 1 amide bonds. The van der Waals surface area contributed by atoms with Crippen LogP contribution in [0.1, 0.15) is 33.8 Å². The van der Waals surface area contributed by atoms with Crippen LogP contribution in [-0.2, 0) is 19.4 Å². The van der Waals surface area contributed by atoms with Crippen molar-refractivity contribution in [2.24, 2.45) is 0 Å². The highest BCUT2D eigenvalue weighted by Crippen LogP contribution is 2.27. The molecule has 6 nitrogen and oxygen atoms in total. The van der Waals surface area contributed by atoms with Crippen LogP contribution in [0.25, 0.3) is 0 Å². The molecule has 0 aromatic heterocycles.